The second-order valence-corrected chi connectivity index (χ2v) is 19.5. The monoisotopic (exact) mass is 384 g/mol. The van der Waals surface area contributed by atoms with Crippen molar-refractivity contribution in [2.45, 2.75) is 58.5 Å². The van der Waals surface area contributed by atoms with Crippen molar-refractivity contribution in [1.29, 1.82) is 0 Å². The van der Waals surface area contributed by atoms with Gasteiger partial charge in [-0.3, -0.25) is 0 Å². The smallest absolute Gasteiger partial charge is 0.423 e. The van der Waals surface area contributed by atoms with Crippen LogP contribution < -0.4 is 15.8 Å². The maximum atomic E-state index is 9.18. The van der Waals surface area contributed by atoms with Gasteiger partial charge in [-0.2, -0.15) is 0 Å². The van der Waals surface area contributed by atoms with Crippen LogP contribution in [0.2, 0.25) is 39.3 Å². The summed E-state index contributed by atoms with van der Waals surface area (Å²) in [7, 11) is -4.02. The van der Waals surface area contributed by atoms with E-state index in [0.717, 1.165) is 19.3 Å². The maximum Gasteiger partial charge on any atom is 0.488 e. The molecular weight excluding hydrogens is 351 g/mol. The van der Waals surface area contributed by atoms with Crippen LogP contribution >= 0.6 is 0 Å². The molecule has 0 amide bonds. The molecular formula is C21H33BO2Si2. The predicted molar refractivity (Wildman–Crippen MR) is 121 cm³/mol. The Morgan fingerprint density at radius 3 is 1.58 bits per heavy atom. The topological polar surface area (TPSA) is 40.5 Å². The minimum absolute atomic E-state index is 0.552. The Labute approximate surface area is 161 Å². The van der Waals surface area contributed by atoms with Crippen molar-refractivity contribution in [3.05, 3.63) is 53.6 Å². The van der Waals surface area contributed by atoms with Crippen LogP contribution in [0.1, 0.15) is 17.5 Å². The molecule has 26 heavy (non-hydrogen) atoms. The average molecular weight is 384 g/mol. The first-order valence-electron chi connectivity index (χ1n) is 9.57. The lowest BCUT2D eigenvalue weighted by molar-refractivity contribution is 0.426. The maximum absolute atomic E-state index is 9.18. The first-order valence-corrected chi connectivity index (χ1v) is 16.6. The fraction of sp³-hybridized carbons (Fsp3) is 0.429. The summed E-state index contributed by atoms with van der Waals surface area (Å²) >= 11 is 0. The van der Waals surface area contributed by atoms with Crippen molar-refractivity contribution >= 4 is 39.1 Å². The molecule has 0 bridgehead atoms. The third-order valence-electron chi connectivity index (χ3n) is 4.93. The standard InChI is InChI=1S/C21H33BO2Si2/c1-25(2,3)20-14-18(15-21(16-20)26(4,5)6)9-7-8-17-10-12-19(13-11-17)22(23)24/h10-16,23-24H,7-9H2,1-6H3. The summed E-state index contributed by atoms with van der Waals surface area (Å²) in [5.41, 5.74) is 3.28. The van der Waals surface area contributed by atoms with Crippen molar-refractivity contribution in [2.75, 3.05) is 0 Å². The van der Waals surface area contributed by atoms with Gasteiger partial charge in [0.05, 0.1) is 16.1 Å². The van der Waals surface area contributed by atoms with Crippen LogP contribution in [-0.4, -0.2) is 33.3 Å². The van der Waals surface area contributed by atoms with E-state index in [-0.39, 0.29) is 0 Å². The van der Waals surface area contributed by atoms with Crippen molar-refractivity contribution in [1.82, 2.24) is 0 Å². The zero-order valence-corrected chi connectivity index (χ0v) is 19.1. The summed E-state index contributed by atoms with van der Waals surface area (Å²) in [6.45, 7) is 14.6. The molecule has 0 radical (unpaired) electrons. The number of aryl methyl sites for hydroxylation is 2. The van der Waals surface area contributed by atoms with Gasteiger partial charge in [-0.05, 0) is 35.9 Å². The van der Waals surface area contributed by atoms with Crippen LogP contribution in [-0.2, 0) is 12.8 Å². The first-order chi connectivity index (χ1) is 12.0. The minimum Gasteiger partial charge on any atom is -0.423 e. The van der Waals surface area contributed by atoms with Crippen LogP contribution in [0.4, 0.5) is 0 Å². The largest absolute Gasteiger partial charge is 0.488 e. The lowest BCUT2D eigenvalue weighted by Crippen LogP contribution is -2.45. The van der Waals surface area contributed by atoms with Gasteiger partial charge < -0.3 is 10.0 Å². The van der Waals surface area contributed by atoms with Crippen molar-refractivity contribution in [3.63, 3.8) is 0 Å². The Hall–Kier alpha value is -1.14. The van der Waals surface area contributed by atoms with E-state index in [2.05, 4.69) is 57.5 Å². The Balaban J connectivity index is 2.11. The molecule has 0 atom stereocenters. The van der Waals surface area contributed by atoms with Crippen LogP contribution in [0.3, 0.4) is 0 Å². The molecule has 0 unspecified atom stereocenters. The van der Waals surface area contributed by atoms with Crippen LogP contribution in [0, 0.1) is 0 Å². The lowest BCUT2D eigenvalue weighted by Gasteiger charge is -2.24. The van der Waals surface area contributed by atoms with E-state index in [1.54, 1.807) is 22.5 Å². The summed E-state index contributed by atoms with van der Waals surface area (Å²) in [5, 5.41) is 21.5. The van der Waals surface area contributed by atoms with E-state index in [1.165, 1.54) is 11.1 Å². The molecule has 0 saturated carbocycles. The SMILES string of the molecule is C[Si](C)(C)c1cc(CCCc2ccc(B(O)O)cc2)cc([Si](C)(C)C)c1. The Kier molecular flexibility index (Phi) is 6.72. The Bertz CT molecular complexity index is 697. The van der Waals surface area contributed by atoms with Crippen LogP contribution in [0.25, 0.3) is 0 Å². The second-order valence-electron chi connectivity index (χ2n) is 9.39. The molecule has 0 saturated heterocycles. The van der Waals surface area contributed by atoms with E-state index >= 15 is 0 Å². The molecule has 0 aliphatic rings. The van der Waals surface area contributed by atoms with E-state index in [9.17, 15) is 10.0 Å². The molecule has 0 spiro atoms. The Morgan fingerprint density at radius 1 is 0.692 bits per heavy atom. The van der Waals surface area contributed by atoms with Crippen molar-refractivity contribution in [2.24, 2.45) is 0 Å². The quantitative estimate of drug-likeness (QED) is 0.721. The second kappa shape index (κ2) is 8.26. The first kappa shape index (κ1) is 21.2. The normalized spacial score (nSPS) is 12.3. The number of benzene rings is 2. The van der Waals surface area contributed by atoms with Gasteiger partial charge in [0, 0.05) is 0 Å². The molecule has 2 aromatic carbocycles. The van der Waals surface area contributed by atoms with Gasteiger partial charge >= 0.3 is 7.12 Å². The summed E-state index contributed by atoms with van der Waals surface area (Å²) in [4.78, 5) is 0. The number of hydrogen-bond acceptors (Lipinski definition) is 2. The van der Waals surface area contributed by atoms with E-state index in [1.807, 2.05) is 12.1 Å². The summed E-state index contributed by atoms with van der Waals surface area (Å²) < 4.78 is 0. The highest BCUT2D eigenvalue weighted by molar-refractivity contribution is 6.91. The van der Waals surface area contributed by atoms with E-state index < -0.39 is 23.3 Å². The molecule has 0 fully saturated rings. The highest BCUT2D eigenvalue weighted by Crippen LogP contribution is 2.12. The molecule has 2 aromatic rings. The van der Waals surface area contributed by atoms with Gasteiger partial charge in [0.15, 0.2) is 0 Å². The molecule has 2 rings (SSSR count). The van der Waals surface area contributed by atoms with Crippen LogP contribution in [0.15, 0.2) is 42.5 Å². The fourth-order valence-corrected chi connectivity index (χ4v) is 5.61. The fourth-order valence-electron chi connectivity index (χ4n) is 3.06. The van der Waals surface area contributed by atoms with Crippen molar-refractivity contribution in [3.8, 4) is 0 Å². The number of rotatable bonds is 7. The summed E-state index contributed by atoms with van der Waals surface area (Å²) in [6, 6.07) is 15.0. The molecule has 0 aliphatic carbocycles. The zero-order valence-electron chi connectivity index (χ0n) is 17.1. The van der Waals surface area contributed by atoms with Gasteiger partial charge in [-0.15, -0.1) is 0 Å². The van der Waals surface area contributed by atoms with Gasteiger partial charge in [0.1, 0.15) is 0 Å². The van der Waals surface area contributed by atoms with E-state index in [4.69, 9.17) is 0 Å². The van der Waals surface area contributed by atoms with Gasteiger partial charge in [0.2, 0.25) is 0 Å². The van der Waals surface area contributed by atoms with Gasteiger partial charge in [-0.25, -0.2) is 0 Å². The third-order valence-corrected chi connectivity index (χ3v) is 8.98. The highest BCUT2D eigenvalue weighted by atomic mass is 28.3. The number of hydrogen-bond donors (Lipinski definition) is 2. The van der Waals surface area contributed by atoms with Crippen LogP contribution in [0.5, 0.6) is 0 Å². The lowest BCUT2D eigenvalue weighted by atomic mass is 9.80. The molecule has 0 heterocycles. The third kappa shape index (κ3) is 5.95. The Morgan fingerprint density at radius 2 is 1.15 bits per heavy atom. The summed E-state index contributed by atoms with van der Waals surface area (Å²) in [5.74, 6) is 0. The predicted octanol–water partition coefficient (Wildman–Crippen LogP) is 2.63. The van der Waals surface area contributed by atoms with E-state index in [0.29, 0.717) is 5.46 Å². The molecule has 5 heteroatoms. The molecule has 2 nitrogen and oxygen atoms in total. The average Bonchev–Trinajstić information content (AvgIpc) is 2.53. The molecule has 0 aliphatic heterocycles. The molecule has 0 aromatic heterocycles. The summed E-state index contributed by atoms with van der Waals surface area (Å²) in [6.07, 6.45) is 3.22. The van der Waals surface area contributed by atoms with Gasteiger partial charge in [0.25, 0.3) is 0 Å². The molecule has 140 valence electrons. The van der Waals surface area contributed by atoms with Gasteiger partial charge in [-0.1, -0.05) is 92.1 Å². The zero-order chi connectivity index (χ0) is 19.5. The van der Waals surface area contributed by atoms with Crippen molar-refractivity contribution < 1.29 is 10.0 Å². The highest BCUT2D eigenvalue weighted by Gasteiger charge is 2.22. The molecule has 2 N–H and O–H groups in total. The minimum atomic E-state index is -1.38.